The van der Waals surface area contributed by atoms with E-state index in [1.54, 1.807) is 6.20 Å². The van der Waals surface area contributed by atoms with Crippen molar-refractivity contribution in [2.24, 2.45) is 0 Å². The highest BCUT2D eigenvalue weighted by Gasteiger charge is 2.27. The van der Waals surface area contributed by atoms with Crippen LogP contribution in [-0.4, -0.2) is 29.4 Å². The predicted molar refractivity (Wildman–Crippen MR) is 88.4 cm³/mol. The fourth-order valence-corrected chi connectivity index (χ4v) is 2.81. The number of unbranched alkanes of at least 4 members (excludes halogenated alkanes) is 1. The highest BCUT2D eigenvalue weighted by Crippen LogP contribution is 2.30. The van der Waals surface area contributed by atoms with E-state index in [0.717, 1.165) is 48.4 Å². The molecule has 1 aromatic carbocycles. The van der Waals surface area contributed by atoms with E-state index < -0.39 is 0 Å². The maximum absolute atomic E-state index is 12.4. The van der Waals surface area contributed by atoms with Crippen LogP contribution in [0.5, 0.6) is 0 Å². The highest BCUT2D eigenvalue weighted by molar-refractivity contribution is 5.98. The quantitative estimate of drug-likeness (QED) is 0.845. The Labute approximate surface area is 131 Å². The molecule has 0 fully saturated rings. The molecule has 0 spiro atoms. The number of pyridine rings is 1. The van der Waals surface area contributed by atoms with Crippen molar-refractivity contribution in [3.8, 4) is 0 Å². The number of hydrogen-bond donors (Lipinski definition) is 0. The van der Waals surface area contributed by atoms with Gasteiger partial charge < -0.3 is 9.80 Å². The van der Waals surface area contributed by atoms with Gasteiger partial charge in [-0.05, 0) is 42.3 Å². The highest BCUT2D eigenvalue weighted by atomic mass is 16.2. The first-order valence-electron chi connectivity index (χ1n) is 7.76. The number of aromatic nitrogens is 1. The van der Waals surface area contributed by atoms with Gasteiger partial charge in [-0.25, -0.2) is 0 Å². The second kappa shape index (κ2) is 6.18. The number of nitrogens with zero attached hydrogens (tertiary/aromatic N) is 3. The van der Waals surface area contributed by atoms with Crippen molar-refractivity contribution in [1.29, 1.82) is 0 Å². The van der Waals surface area contributed by atoms with Gasteiger partial charge in [-0.15, -0.1) is 0 Å². The first-order chi connectivity index (χ1) is 10.7. The predicted octanol–water partition coefficient (Wildman–Crippen LogP) is 3.61. The van der Waals surface area contributed by atoms with Crippen LogP contribution in [0.3, 0.4) is 0 Å². The topological polar surface area (TPSA) is 36.4 Å². The van der Waals surface area contributed by atoms with Crippen LogP contribution in [0.15, 0.2) is 42.7 Å². The molecule has 3 rings (SSSR count). The third-order valence-electron chi connectivity index (χ3n) is 4.17. The Kier molecular flexibility index (Phi) is 4.09. The summed E-state index contributed by atoms with van der Waals surface area (Å²) in [5.74, 6) is 0.166. The van der Waals surface area contributed by atoms with Crippen molar-refractivity contribution in [3.05, 3.63) is 53.9 Å². The van der Waals surface area contributed by atoms with E-state index in [4.69, 9.17) is 0 Å². The lowest BCUT2D eigenvalue weighted by Gasteiger charge is -2.19. The first kappa shape index (κ1) is 14.6. The molecule has 0 N–H and O–H groups in total. The lowest BCUT2D eigenvalue weighted by atomic mass is 10.1. The summed E-state index contributed by atoms with van der Waals surface area (Å²) < 4.78 is 0. The van der Waals surface area contributed by atoms with Crippen LogP contribution in [0.4, 0.5) is 11.4 Å². The van der Waals surface area contributed by atoms with Gasteiger partial charge in [0.2, 0.25) is 0 Å². The number of benzene rings is 1. The van der Waals surface area contributed by atoms with Gasteiger partial charge in [0.1, 0.15) is 0 Å². The van der Waals surface area contributed by atoms with Crippen LogP contribution in [-0.2, 0) is 6.54 Å². The van der Waals surface area contributed by atoms with E-state index in [1.165, 1.54) is 0 Å². The van der Waals surface area contributed by atoms with Gasteiger partial charge in [0.05, 0.1) is 11.9 Å². The third kappa shape index (κ3) is 2.69. The molecule has 0 saturated carbocycles. The van der Waals surface area contributed by atoms with E-state index in [9.17, 15) is 4.79 Å². The van der Waals surface area contributed by atoms with Crippen LogP contribution >= 0.6 is 0 Å². The zero-order valence-corrected chi connectivity index (χ0v) is 13.1. The zero-order valence-electron chi connectivity index (χ0n) is 13.1. The van der Waals surface area contributed by atoms with Crippen molar-refractivity contribution in [2.75, 3.05) is 18.5 Å². The molecule has 0 unspecified atom stereocenters. The molecule has 114 valence electrons. The summed E-state index contributed by atoms with van der Waals surface area (Å²) in [5.41, 5.74) is 4.08. The Morgan fingerprint density at radius 3 is 2.86 bits per heavy atom. The van der Waals surface area contributed by atoms with Crippen LogP contribution in [0, 0.1) is 0 Å². The number of anilines is 2. The summed E-state index contributed by atoms with van der Waals surface area (Å²) in [6.45, 7) is 3.72. The second-order valence-electron chi connectivity index (χ2n) is 5.69. The summed E-state index contributed by atoms with van der Waals surface area (Å²) >= 11 is 0. The zero-order chi connectivity index (χ0) is 15.5. The molecule has 1 aliphatic heterocycles. The number of fused-ring (bicyclic) bond motifs is 1. The maximum atomic E-state index is 12.4. The SMILES string of the molecule is CCCCN1Cc2cc(N(C)c3cccnc3)ccc2C1=O. The van der Waals surface area contributed by atoms with E-state index >= 15 is 0 Å². The Balaban J connectivity index is 1.83. The van der Waals surface area contributed by atoms with Crippen molar-refractivity contribution < 1.29 is 4.79 Å². The monoisotopic (exact) mass is 295 g/mol. The summed E-state index contributed by atoms with van der Waals surface area (Å²) in [6.07, 6.45) is 5.77. The van der Waals surface area contributed by atoms with Gasteiger partial charge >= 0.3 is 0 Å². The summed E-state index contributed by atoms with van der Waals surface area (Å²) in [5, 5.41) is 0. The number of carbonyl (C=O) groups is 1. The number of carbonyl (C=O) groups excluding carboxylic acids is 1. The maximum Gasteiger partial charge on any atom is 0.254 e. The number of hydrogen-bond acceptors (Lipinski definition) is 3. The van der Waals surface area contributed by atoms with Gasteiger partial charge in [-0.2, -0.15) is 0 Å². The Bertz CT molecular complexity index is 669. The fourth-order valence-electron chi connectivity index (χ4n) is 2.81. The first-order valence-corrected chi connectivity index (χ1v) is 7.76. The van der Waals surface area contributed by atoms with Crippen molar-refractivity contribution in [1.82, 2.24) is 9.88 Å². The molecule has 22 heavy (non-hydrogen) atoms. The summed E-state index contributed by atoms with van der Waals surface area (Å²) in [7, 11) is 2.02. The second-order valence-corrected chi connectivity index (χ2v) is 5.69. The van der Waals surface area contributed by atoms with Gasteiger partial charge in [0.15, 0.2) is 0 Å². The molecule has 1 amide bonds. The van der Waals surface area contributed by atoms with Gasteiger partial charge in [0.25, 0.3) is 5.91 Å². The number of rotatable bonds is 5. The lowest BCUT2D eigenvalue weighted by Crippen LogP contribution is -2.24. The molecule has 1 aromatic heterocycles. The van der Waals surface area contributed by atoms with Gasteiger partial charge in [0, 0.05) is 37.6 Å². The minimum absolute atomic E-state index is 0.166. The van der Waals surface area contributed by atoms with E-state index in [1.807, 2.05) is 42.4 Å². The Morgan fingerprint density at radius 1 is 1.27 bits per heavy atom. The summed E-state index contributed by atoms with van der Waals surface area (Å²) in [6, 6.07) is 10.0. The molecule has 0 aliphatic carbocycles. The smallest absolute Gasteiger partial charge is 0.254 e. The van der Waals surface area contributed by atoms with Gasteiger partial charge in [-0.1, -0.05) is 13.3 Å². The molecule has 0 radical (unpaired) electrons. The molecular weight excluding hydrogens is 274 g/mol. The Morgan fingerprint density at radius 2 is 2.14 bits per heavy atom. The average molecular weight is 295 g/mol. The molecule has 4 nitrogen and oxygen atoms in total. The van der Waals surface area contributed by atoms with Crippen molar-refractivity contribution in [2.45, 2.75) is 26.3 Å². The molecule has 2 aromatic rings. The van der Waals surface area contributed by atoms with E-state index in [0.29, 0.717) is 0 Å². The fraction of sp³-hybridized carbons (Fsp3) is 0.333. The molecule has 0 saturated heterocycles. The largest absolute Gasteiger partial charge is 0.343 e. The minimum atomic E-state index is 0.166. The lowest BCUT2D eigenvalue weighted by molar-refractivity contribution is 0.0776. The molecule has 0 atom stereocenters. The normalized spacial score (nSPS) is 13.4. The molecule has 4 heteroatoms. The van der Waals surface area contributed by atoms with Crippen LogP contribution < -0.4 is 4.90 Å². The van der Waals surface area contributed by atoms with E-state index in [2.05, 4.69) is 22.9 Å². The molecule has 2 heterocycles. The molecular formula is C18H21N3O. The van der Waals surface area contributed by atoms with Crippen molar-refractivity contribution in [3.63, 3.8) is 0 Å². The van der Waals surface area contributed by atoms with E-state index in [-0.39, 0.29) is 5.91 Å². The average Bonchev–Trinajstić information content (AvgIpc) is 2.88. The van der Waals surface area contributed by atoms with Gasteiger partial charge in [-0.3, -0.25) is 9.78 Å². The van der Waals surface area contributed by atoms with Crippen LogP contribution in [0.2, 0.25) is 0 Å². The summed E-state index contributed by atoms with van der Waals surface area (Å²) in [4.78, 5) is 20.5. The Hall–Kier alpha value is -2.36. The standard InChI is InChI=1S/C18H21N3O/c1-3-4-10-21-13-14-11-15(7-8-17(14)18(21)22)20(2)16-6-5-9-19-12-16/h5-9,11-12H,3-4,10,13H2,1-2H3. The molecule has 1 aliphatic rings. The third-order valence-corrected chi connectivity index (χ3v) is 4.17. The number of amides is 1. The minimum Gasteiger partial charge on any atom is -0.343 e. The molecule has 0 bridgehead atoms. The van der Waals surface area contributed by atoms with Crippen molar-refractivity contribution >= 4 is 17.3 Å². The van der Waals surface area contributed by atoms with Crippen LogP contribution in [0.1, 0.15) is 35.7 Å². The van der Waals surface area contributed by atoms with Crippen LogP contribution in [0.25, 0.3) is 0 Å².